The number of halogens is 1. The molecule has 1 heterocycles. The standard InChI is InChI=1S/C11H11BrN2O/c12-8-3-4-11-10(6-8)14-7-9(15-11)2-1-5-13/h3-4,6,9,14H,1-2,7H2/t9-/m0/s1. The molecular weight excluding hydrogens is 256 g/mol. The molecule has 1 aromatic rings. The van der Waals surface area contributed by atoms with Gasteiger partial charge in [-0.15, -0.1) is 0 Å². The summed E-state index contributed by atoms with van der Waals surface area (Å²) in [4.78, 5) is 0. The molecule has 78 valence electrons. The molecular formula is C11H11BrN2O. The molecule has 0 saturated heterocycles. The van der Waals surface area contributed by atoms with E-state index in [2.05, 4.69) is 27.3 Å². The van der Waals surface area contributed by atoms with Crippen LogP contribution in [0, 0.1) is 11.3 Å². The SMILES string of the molecule is N#CCC[C@H]1CNc2cc(Br)ccc2O1. The van der Waals surface area contributed by atoms with Gasteiger partial charge in [0.1, 0.15) is 11.9 Å². The number of benzene rings is 1. The summed E-state index contributed by atoms with van der Waals surface area (Å²) in [5.41, 5.74) is 1.01. The van der Waals surface area contributed by atoms with Gasteiger partial charge in [0, 0.05) is 10.9 Å². The number of nitrogens with zero attached hydrogens (tertiary/aromatic N) is 1. The molecule has 1 aromatic carbocycles. The van der Waals surface area contributed by atoms with Gasteiger partial charge in [0.25, 0.3) is 0 Å². The quantitative estimate of drug-likeness (QED) is 0.896. The zero-order valence-electron chi connectivity index (χ0n) is 8.16. The maximum absolute atomic E-state index is 8.50. The first kappa shape index (κ1) is 10.3. The van der Waals surface area contributed by atoms with Crippen LogP contribution < -0.4 is 10.1 Å². The lowest BCUT2D eigenvalue weighted by Gasteiger charge is -2.27. The number of fused-ring (bicyclic) bond motifs is 1. The minimum absolute atomic E-state index is 0.110. The largest absolute Gasteiger partial charge is 0.486 e. The second kappa shape index (κ2) is 4.54. The number of ether oxygens (including phenoxy) is 1. The molecule has 0 saturated carbocycles. The highest BCUT2D eigenvalue weighted by molar-refractivity contribution is 9.10. The normalized spacial score (nSPS) is 18.3. The molecule has 0 amide bonds. The first-order valence-corrected chi connectivity index (χ1v) is 5.66. The summed E-state index contributed by atoms with van der Waals surface area (Å²) in [6.45, 7) is 0.769. The topological polar surface area (TPSA) is 45.0 Å². The first-order chi connectivity index (χ1) is 7.29. The van der Waals surface area contributed by atoms with Crippen molar-refractivity contribution < 1.29 is 4.74 Å². The fourth-order valence-electron chi connectivity index (χ4n) is 1.57. The third-order valence-electron chi connectivity index (χ3n) is 2.33. The van der Waals surface area contributed by atoms with Crippen LogP contribution in [0.15, 0.2) is 22.7 Å². The smallest absolute Gasteiger partial charge is 0.142 e. The summed E-state index contributed by atoms with van der Waals surface area (Å²) in [5, 5.41) is 11.8. The van der Waals surface area contributed by atoms with Gasteiger partial charge in [-0.05, 0) is 24.6 Å². The summed E-state index contributed by atoms with van der Waals surface area (Å²) in [5.74, 6) is 0.868. The number of hydrogen-bond donors (Lipinski definition) is 1. The van der Waals surface area contributed by atoms with Gasteiger partial charge in [-0.2, -0.15) is 5.26 Å². The average Bonchev–Trinajstić information content (AvgIpc) is 2.26. The lowest BCUT2D eigenvalue weighted by atomic mass is 10.1. The molecule has 0 fully saturated rings. The molecule has 1 aliphatic heterocycles. The Bertz CT molecular complexity index is 400. The Morgan fingerprint density at radius 3 is 3.27 bits per heavy atom. The maximum Gasteiger partial charge on any atom is 0.142 e. The van der Waals surface area contributed by atoms with E-state index in [0.29, 0.717) is 6.42 Å². The molecule has 2 rings (SSSR count). The number of nitrogens with one attached hydrogen (secondary N) is 1. The summed E-state index contributed by atoms with van der Waals surface area (Å²) >= 11 is 3.41. The van der Waals surface area contributed by atoms with Gasteiger partial charge in [-0.3, -0.25) is 0 Å². The van der Waals surface area contributed by atoms with Crippen LogP contribution in [-0.4, -0.2) is 12.6 Å². The fraction of sp³-hybridized carbons (Fsp3) is 0.364. The molecule has 4 heteroatoms. The summed E-state index contributed by atoms with van der Waals surface area (Å²) < 4.78 is 6.79. The molecule has 0 radical (unpaired) electrons. The van der Waals surface area contributed by atoms with Gasteiger partial charge in [-0.25, -0.2) is 0 Å². The highest BCUT2D eigenvalue weighted by atomic mass is 79.9. The van der Waals surface area contributed by atoms with Crippen LogP contribution in [0.4, 0.5) is 5.69 Å². The van der Waals surface area contributed by atoms with Crippen molar-refractivity contribution in [1.29, 1.82) is 5.26 Å². The Morgan fingerprint density at radius 2 is 2.47 bits per heavy atom. The predicted molar refractivity (Wildman–Crippen MR) is 61.9 cm³/mol. The van der Waals surface area contributed by atoms with Crippen LogP contribution in [-0.2, 0) is 0 Å². The van der Waals surface area contributed by atoms with Crippen LogP contribution in [0.2, 0.25) is 0 Å². The Hall–Kier alpha value is -1.21. The van der Waals surface area contributed by atoms with Crippen molar-refractivity contribution in [2.24, 2.45) is 0 Å². The molecule has 1 aliphatic rings. The zero-order valence-corrected chi connectivity index (χ0v) is 9.75. The molecule has 1 N–H and O–H groups in total. The van der Waals surface area contributed by atoms with E-state index in [1.807, 2.05) is 18.2 Å². The van der Waals surface area contributed by atoms with E-state index in [-0.39, 0.29) is 6.10 Å². The Balaban J connectivity index is 2.07. The Kier molecular flexibility index (Phi) is 3.12. The summed E-state index contributed by atoms with van der Waals surface area (Å²) in [6.07, 6.45) is 1.43. The van der Waals surface area contributed by atoms with E-state index in [4.69, 9.17) is 10.00 Å². The maximum atomic E-state index is 8.50. The Morgan fingerprint density at radius 1 is 1.60 bits per heavy atom. The van der Waals surface area contributed by atoms with E-state index >= 15 is 0 Å². The van der Waals surface area contributed by atoms with E-state index in [0.717, 1.165) is 28.9 Å². The number of hydrogen-bond acceptors (Lipinski definition) is 3. The van der Waals surface area contributed by atoms with Crippen molar-refractivity contribution in [2.75, 3.05) is 11.9 Å². The molecule has 1 atom stereocenters. The predicted octanol–water partition coefficient (Wildman–Crippen LogP) is 2.93. The van der Waals surface area contributed by atoms with Crippen LogP contribution in [0.1, 0.15) is 12.8 Å². The minimum Gasteiger partial charge on any atom is -0.486 e. The molecule has 0 spiro atoms. The molecule has 15 heavy (non-hydrogen) atoms. The molecule has 0 aliphatic carbocycles. The number of anilines is 1. The Labute approximate surface area is 97.2 Å². The second-order valence-corrected chi connectivity index (χ2v) is 4.37. The second-order valence-electron chi connectivity index (χ2n) is 3.46. The van der Waals surface area contributed by atoms with Crippen molar-refractivity contribution in [3.05, 3.63) is 22.7 Å². The molecule has 0 bridgehead atoms. The summed E-state index contributed by atoms with van der Waals surface area (Å²) in [7, 11) is 0. The monoisotopic (exact) mass is 266 g/mol. The van der Waals surface area contributed by atoms with Crippen LogP contribution in [0.5, 0.6) is 5.75 Å². The van der Waals surface area contributed by atoms with E-state index in [1.165, 1.54) is 0 Å². The van der Waals surface area contributed by atoms with Crippen LogP contribution in [0.25, 0.3) is 0 Å². The molecule has 0 aromatic heterocycles. The van der Waals surface area contributed by atoms with E-state index in [9.17, 15) is 0 Å². The fourth-order valence-corrected chi connectivity index (χ4v) is 1.94. The van der Waals surface area contributed by atoms with Gasteiger partial charge in [-0.1, -0.05) is 15.9 Å². The lowest BCUT2D eigenvalue weighted by molar-refractivity contribution is 0.197. The van der Waals surface area contributed by atoms with Gasteiger partial charge in [0.2, 0.25) is 0 Å². The third kappa shape index (κ3) is 2.42. The third-order valence-corrected chi connectivity index (χ3v) is 2.83. The highest BCUT2D eigenvalue weighted by Gasteiger charge is 2.18. The number of rotatable bonds is 2. The summed E-state index contributed by atoms with van der Waals surface area (Å²) in [6, 6.07) is 8.02. The molecule has 3 nitrogen and oxygen atoms in total. The van der Waals surface area contributed by atoms with Crippen LogP contribution in [0.3, 0.4) is 0 Å². The van der Waals surface area contributed by atoms with Crippen molar-refractivity contribution in [1.82, 2.24) is 0 Å². The van der Waals surface area contributed by atoms with Crippen LogP contribution >= 0.6 is 15.9 Å². The van der Waals surface area contributed by atoms with Gasteiger partial charge in [0.05, 0.1) is 18.3 Å². The average molecular weight is 267 g/mol. The van der Waals surface area contributed by atoms with E-state index < -0.39 is 0 Å². The minimum atomic E-state index is 0.110. The van der Waals surface area contributed by atoms with Gasteiger partial charge < -0.3 is 10.1 Å². The first-order valence-electron chi connectivity index (χ1n) is 4.86. The van der Waals surface area contributed by atoms with Crippen molar-refractivity contribution in [3.8, 4) is 11.8 Å². The van der Waals surface area contributed by atoms with Crippen molar-refractivity contribution >= 4 is 21.6 Å². The molecule has 0 unspecified atom stereocenters. The number of nitriles is 1. The lowest BCUT2D eigenvalue weighted by Crippen LogP contribution is -2.30. The van der Waals surface area contributed by atoms with Gasteiger partial charge >= 0.3 is 0 Å². The zero-order chi connectivity index (χ0) is 10.7. The van der Waals surface area contributed by atoms with Crippen molar-refractivity contribution in [3.63, 3.8) is 0 Å². The highest BCUT2D eigenvalue weighted by Crippen LogP contribution is 2.32. The van der Waals surface area contributed by atoms with E-state index in [1.54, 1.807) is 0 Å². The van der Waals surface area contributed by atoms with Crippen molar-refractivity contribution in [2.45, 2.75) is 18.9 Å². The van der Waals surface area contributed by atoms with Gasteiger partial charge in [0.15, 0.2) is 0 Å².